The Morgan fingerprint density at radius 3 is 2.85 bits per heavy atom. The van der Waals surface area contributed by atoms with Crippen LogP contribution < -0.4 is 0 Å². The summed E-state index contributed by atoms with van der Waals surface area (Å²) in [5.74, 6) is 0.775. The van der Waals surface area contributed by atoms with Gasteiger partial charge in [0, 0.05) is 32.9 Å². The van der Waals surface area contributed by atoms with Crippen LogP contribution in [-0.2, 0) is 5.75 Å². The number of fused-ring (bicyclic) bond motifs is 1. The highest BCUT2D eigenvalue weighted by molar-refractivity contribution is 7.98. The lowest BCUT2D eigenvalue weighted by Gasteiger charge is -2.02. The summed E-state index contributed by atoms with van der Waals surface area (Å²) >= 11 is 7.51. The van der Waals surface area contributed by atoms with Gasteiger partial charge < -0.3 is 4.98 Å². The molecule has 7 heteroatoms. The topological polar surface area (TPSA) is 58.9 Å². The molecule has 0 unspecified atom stereocenters. The van der Waals surface area contributed by atoms with Crippen molar-refractivity contribution in [1.82, 2.24) is 19.9 Å². The summed E-state index contributed by atoms with van der Waals surface area (Å²) in [5, 5.41) is 15.3. The van der Waals surface area contributed by atoms with E-state index in [1.165, 1.54) is 5.56 Å². The summed E-state index contributed by atoms with van der Waals surface area (Å²) in [6, 6.07) is 16.0. The van der Waals surface area contributed by atoms with Gasteiger partial charge in [-0.2, -0.15) is 9.78 Å². The Kier molecular flexibility index (Phi) is 4.77. The molecule has 0 spiro atoms. The van der Waals surface area contributed by atoms with Crippen molar-refractivity contribution in [2.24, 2.45) is 5.10 Å². The lowest BCUT2D eigenvalue weighted by atomic mass is 10.1. The van der Waals surface area contributed by atoms with Crippen molar-refractivity contribution in [2.75, 3.05) is 0 Å². The molecule has 0 saturated heterocycles. The van der Waals surface area contributed by atoms with Gasteiger partial charge in [-0.1, -0.05) is 53.7 Å². The van der Waals surface area contributed by atoms with E-state index in [0.29, 0.717) is 0 Å². The highest BCUT2D eigenvalue weighted by Crippen LogP contribution is 2.23. The summed E-state index contributed by atoms with van der Waals surface area (Å²) in [6.07, 6.45) is 3.47. The monoisotopic (exact) mass is 381 g/mol. The summed E-state index contributed by atoms with van der Waals surface area (Å²) < 4.78 is 1.70. The highest BCUT2D eigenvalue weighted by atomic mass is 35.5. The lowest BCUT2D eigenvalue weighted by Crippen LogP contribution is -1.93. The number of hydrogen-bond acceptors (Lipinski definition) is 4. The van der Waals surface area contributed by atoms with Crippen LogP contribution in [0.5, 0.6) is 0 Å². The van der Waals surface area contributed by atoms with Crippen LogP contribution >= 0.6 is 23.4 Å². The van der Waals surface area contributed by atoms with E-state index in [2.05, 4.69) is 32.4 Å². The molecule has 0 atom stereocenters. The van der Waals surface area contributed by atoms with Crippen molar-refractivity contribution in [3.05, 3.63) is 76.7 Å². The molecule has 2 heterocycles. The first-order valence-electron chi connectivity index (χ1n) is 8.09. The molecular formula is C19H16ClN5S. The van der Waals surface area contributed by atoms with Gasteiger partial charge >= 0.3 is 0 Å². The van der Waals surface area contributed by atoms with Crippen molar-refractivity contribution in [1.29, 1.82) is 0 Å². The quantitative estimate of drug-likeness (QED) is 0.395. The molecule has 0 saturated carbocycles. The third-order valence-electron chi connectivity index (χ3n) is 4.04. The van der Waals surface area contributed by atoms with Gasteiger partial charge in [0.25, 0.3) is 0 Å². The van der Waals surface area contributed by atoms with E-state index in [1.807, 2.05) is 49.5 Å². The van der Waals surface area contributed by atoms with Crippen molar-refractivity contribution in [2.45, 2.75) is 17.8 Å². The van der Waals surface area contributed by atoms with Crippen LogP contribution in [0.4, 0.5) is 0 Å². The van der Waals surface area contributed by atoms with E-state index in [1.54, 1.807) is 22.8 Å². The minimum Gasteiger partial charge on any atom is -0.358 e. The number of aromatic amines is 1. The first kappa shape index (κ1) is 16.9. The maximum absolute atomic E-state index is 5.93. The lowest BCUT2D eigenvalue weighted by molar-refractivity contribution is 0.767. The van der Waals surface area contributed by atoms with Gasteiger partial charge in [0.05, 0.1) is 6.21 Å². The van der Waals surface area contributed by atoms with Crippen LogP contribution in [0.25, 0.3) is 10.9 Å². The van der Waals surface area contributed by atoms with E-state index in [9.17, 15) is 0 Å². The minimum absolute atomic E-state index is 0.737. The number of aryl methyl sites for hydroxylation is 1. The number of benzene rings is 2. The molecule has 0 aliphatic rings. The molecule has 2 aromatic heterocycles. The normalized spacial score (nSPS) is 11.6. The van der Waals surface area contributed by atoms with Crippen molar-refractivity contribution >= 4 is 40.5 Å². The van der Waals surface area contributed by atoms with Crippen molar-refractivity contribution < 1.29 is 0 Å². The average molecular weight is 382 g/mol. The van der Waals surface area contributed by atoms with Crippen LogP contribution in [0.3, 0.4) is 0 Å². The molecule has 0 aliphatic heterocycles. The molecule has 5 nitrogen and oxygen atoms in total. The molecule has 2 aromatic carbocycles. The van der Waals surface area contributed by atoms with Crippen LogP contribution in [0, 0.1) is 6.92 Å². The Balaban J connectivity index is 1.54. The van der Waals surface area contributed by atoms with Gasteiger partial charge in [-0.3, -0.25) is 0 Å². The number of hydrogen-bond donors (Lipinski definition) is 1. The molecule has 0 radical (unpaired) electrons. The first-order chi connectivity index (χ1) is 12.7. The van der Waals surface area contributed by atoms with Crippen molar-refractivity contribution in [3.63, 3.8) is 0 Å². The Hall–Kier alpha value is -2.57. The molecular weight excluding hydrogens is 366 g/mol. The molecule has 130 valence electrons. The van der Waals surface area contributed by atoms with Gasteiger partial charge in [-0.05, 0) is 30.7 Å². The third kappa shape index (κ3) is 3.52. The standard InChI is InChI=1S/C19H16ClN5S/c1-13-17(16-4-2-3-5-18(16)23-13)10-22-25-12-21-24-19(25)26-11-14-6-8-15(20)9-7-14/h2-10,12,23H,11H2,1H3/b22-10+. The van der Waals surface area contributed by atoms with Crippen LogP contribution in [0.2, 0.25) is 5.02 Å². The predicted molar refractivity (Wildman–Crippen MR) is 107 cm³/mol. The van der Waals surface area contributed by atoms with E-state index in [4.69, 9.17) is 11.6 Å². The minimum atomic E-state index is 0.737. The molecule has 26 heavy (non-hydrogen) atoms. The average Bonchev–Trinajstić information content (AvgIpc) is 3.22. The maximum Gasteiger partial charge on any atom is 0.212 e. The second-order valence-corrected chi connectivity index (χ2v) is 7.21. The number of rotatable bonds is 5. The second kappa shape index (κ2) is 7.35. The zero-order valence-corrected chi connectivity index (χ0v) is 15.6. The first-order valence-corrected chi connectivity index (χ1v) is 9.46. The van der Waals surface area contributed by atoms with E-state index in [-0.39, 0.29) is 0 Å². The Morgan fingerprint density at radius 1 is 1.19 bits per heavy atom. The van der Waals surface area contributed by atoms with Crippen LogP contribution in [-0.4, -0.2) is 26.1 Å². The molecule has 1 N–H and O–H groups in total. The fraction of sp³-hybridized carbons (Fsp3) is 0.105. The van der Waals surface area contributed by atoms with E-state index in [0.717, 1.165) is 38.1 Å². The summed E-state index contributed by atoms with van der Waals surface area (Å²) in [5.41, 5.74) is 4.43. The smallest absolute Gasteiger partial charge is 0.212 e. The number of nitrogens with zero attached hydrogens (tertiary/aromatic N) is 4. The zero-order valence-electron chi connectivity index (χ0n) is 14.1. The second-order valence-electron chi connectivity index (χ2n) is 5.83. The van der Waals surface area contributed by atoms with Gasteiger partial charge in [0.15, 0.2) is 0 Å². The van der Waals surface area contributed by atoms with Crippen molar-refractivity contribution in [3.8, 4) is 0 Å². The molecule has 0 bridgehead atoms. The summed E-state index contributed by atoms with van der Waals surface area (Å²) in [6.45, 7) is 2.05. The largest absolute Gasteiger partial charge is 0.358 e. The Labute approximate surface area is 160 Å². The predicted octanol–water partition coefficient (Wildman–Crippen LogP) is 4.90. The number of thioether (sulfide) groups is 1. The molecule has 0 aliphatic carbocycles. The summed E-state index contributed by atoms with van der Waals surface area (Å²) in [4.78, 5) is 3.38. The fourth-order valence-electron chi connectivity index (χ4n) is 2.71. The van der Waals surface area contributed by atoms with Gasteiger partial charge in [0.1, 0.15) is 6.33 Å². The van der Waals surface area contributed by atoms with Crippen LogP contribution in [0.15, 0.2) is 65.1 Å². The van der Waals surface area contributed by atoms with Gasteiger partial charge in [-0.25, -0.2) is 0 Å². The highest BCUT2D eigenvalue weighted by Gasteiger charge is 2.07. The number of aromatic nitrogens is 4. The summed E-state index contributed by atoms with van der Waals surface area (Å²) in [7, 11) is 0. The van der Waals surface area contributed by atoms with Gasteiger partial charge in [-0.15, -0.1) is 10.2 Å². The number of halogens is 1. The Morgan fingerprint density at radius 2 is 2.00 bits per heavy atom. The number of nitrogens with one attached hydrogen (secondary N) is 1. The molecule has 4 rings (SSSR count). The van der Waals surface area contributed by atoms with E-state index >= 15 is 0 Å². The maximum atomic E-state index is 5.93. The SMILES string of the molecule is Cc1[nH]c2ccccc2c1/C=N/n1cnnc1SCc1ccc(Cl)cc1. The van der Waals surface area contributed by atoms with Gasteiger partial charge in [0.2, 0.25) is 5.16 Å². The number of para-hydroxylation sites is 1. The van der Waals surface area contributed by atoms with E-state index < -0.39 is 0 Å². The zero-order chi connectivity index (χ0) is 17.9. The van der Waals surface area contributed by atoms with Crippen LogP contribution in [0.1, 0.15) is 16.8 Å². The fourth-order valence-corrected chi connectivity index (χ4v) is 3.65. The number of H-pyrrole nitrogens is 1. The Bertz CT molecular complexity index is 1070. The third-order valence-corrected chi connectivity index (χ3v) is 5.29. The molecule has 4 aromatic rings. The molecule has 0 amide bonds. The molecule has 0 fully saturated rings.